The molecule has 0 saturated heterocycles. The summed E-state index contributed by atoms with van der Waals surface area (Å²) in [6.45, 7) is 7.36. The summed E-state index contributed by atoms with van der Waals surface area (Å²) in [4.78, 5) is 36.4. The van der Waals surface area contributed by atoms with Gasteiger partial charge in [-0.2, -0.15) is 13.2 Å². The van der Waals surface area contributed by atoms with Gasteiger partial charge in [0.15, 0.2) is 5.82 Å². The van der Waals surface area contributed by atoms with Crippen LogP contribution in [0.1, 0.15) is 65.0 Å². The molecule has 0 aromatic heterocycles. The van der Waals surface area contributed by atoms with Crippen molar-refractivity contribution >= 4 is 39.6 Å². The van der Waals surface area contributed by atoms with Crippen LogP contribution in [0.5, 0.6) is 5.75 Å². The van der Waals surface area contributed by atoms with Crippen molar-refractivity contribution in [2.75, 3.05) is 11.4 Å². The lowest BCUT2D eigenvalue weighted by molar-refractivity contribution is -0.171. The molecule has 0 heterocycles. The molecule has 0 spiro atoms. The summed E-state index contributed by atoms with van der Waals surface area (Å²) in [6, 6.07) is 8.93. The zero-order chi connectivity index (χ0) is 32.5. The number of carbonyl (C=O) groups is 3. The van der Waals surface area contributed by atoms with E-state index in [1.807, 2.05) is 13.8 Å². The zero-order valence-electron chi connectivity index (χ0n) is 24.7. The number of hydrogen-bond donors (Lipinski definition) is 2. The van der Waals surface area contributed by atoms with Gasteiger partial charge in [-0.3, -0.25) is 14.5 Å². The average Bonchev–Trinajstić information content (AvgIpc) is 2.86. The molecule has 2 aromatic rings. The Balaban J connectivity index is 2.63. The number of aliphatic carboxylic acids is 1. The molecule has 0 saturated carbocycles. The first-order chi connectivity index (χ1) is 19.9. The van der Waals surface area contributed by atoms with Crippen LogP contribution in [-0.2, 0) is 27.4 Å². The third-order valence-electron chi connectivity index (χ3n) is 6.05. The Morgan fingerprint density at radius 2 is 1.70 bits per heavy atom. The molecule has 0 radical (unpaired) electrons. The van der Waals surface area contributed by atoms with Crippen LogP contribution >= 0.6 is 15.9 Å². The molecule has 0 aliphatic heterocycles. The fraction of sp³-hybridized carbons (Fsp3) is 0.500. The van der Waals surface area contributed by atoms with Crippen LogP contribution in [0.2, 0.25) is 0 Å². The van der Waals surface area contributed by atoms with Gasteiger partial charge < -0.3 is 19.9 Å². The van der Waals surface area contributed by atoms with Gasteiger partial charge in [-0.25, -0.2) is 9.18 Å². The van der Waals surface area contributed by atoms with Crippen molar-refractivity contribution < 1.29 is 46.5 Å². The molecular formula is C30H37BrF4N2O6. The molecule has 2 aromatic carbocycles. The van der Waals surface area contributed by atoms with Crippen LogP contribution in [-0.4, -0.2) is 47.4 Å². The van der Waals surface area contributed by atoms with Crippen LogP contribution < -0.4 is 15.0 Å². The largest absolute Gasteiger partial charge is 0.487 e. The summed E-state index contributed by atoms with van der Waals surface area (Å²) >= 11 is 3.26. The first-order valence-electron chi connectivity index (χ1n) is 13.7. The minimum atomic E-state index is -5.51. The van der Waals surface area contributed by atoms with E-state index in [2.05, 4.69) is 21.2 Å². The van der Waals surface area contributed by atoms with Crippen molar-refractivity contribution in [3.63, 3.8) is 0 Å². The van der Waals surface area contributed by atoms with Gasteiger partial charge in [0.1, 0.15) is 30.2 Å². The Morgan fingerprint density at radius 3 is 2.23 bits per heavy atom. The number of anilines is 1. The predicted molar refractivity (Wildman–Crippen MR) is 156 cm³/mol. The van der Waals surface area contributed by atoms with Crippen molar-refractivity contribution in [2.45, 2.75) is 84.7 Å². The number of benzene rings is 2. The Labute approximate surface area is 256 Å². The molecule has 0 aliphatic rings. The summed E-state index contributed by atoms with van der Waals surface area (Å²) < 4.78 is 68.3. The van der Waals surface area contributed by atoms with Gasteiger partial charge in [0, 0.05) is 16.1 Å². The minimum Gasteiger partial charge on any atom is -0.487 e. The monoisotopic (exact) mass is 676 g/mol. The quantitative estimate of drug-likeness (QED) is 0.214. The Kier molecular flexibility index (Phi) is 12.8. The first kappa shape index (κ1) is 35.8. The van der Waals surface area contributed by atoms with E-state index < -0.39 is 59.6 Å². The van der Waals surface area contributed by atoms with Gasteiger partial charge >= 0.3 is 24.1 Å². The van der Waals surface area contributed by atoms with Crippen molar-refractivity contribution in [1.29, 1.82) is 0 Å². The van der Waals surface area contributed by atoms with Gasteiger partial charge in [-0.05, 0) is 51.2 Å². The molecule has 1 atom stereocenters. The molecular weight excluding hydrogens is 640 g/mol. The highest BCUT2D eigenvalue weighted by atomic mass is 79.9. The second kappa shape index (κ2) is 15.4. The number of hydrogen-bond acceptors (Lipinski definition) is 5. The maximum absolute atomic E-state index is 16.4. The van der Waals surface area contributed by atoms with Gasteiger partial charge in [-0.1, -0.05) is 73.0 Å². The van der Waals surface area contributed by atoms with Gasteiger partial charge in [0.25, 0.3) is 0 Å². The molecule has 13 heteroatoms. The third kappa shape index (κ3) is 11.7. The maximum atomic E-state index is 16.4. The zero-order valence-corrected chi connectivity index (χ0v) is 26.3. The van der Waals surface area contributed by atoms with E-state index in [1.54, 1.807) is 51.1 Å². The van der Waals surface area contributed by atoms with E-state index in [-0.39, 0.29) is 28.0 Å². The van der Waals surface area contributed by atoms with Gasteiger partial charge in [0.2, 0.25) is 0 Å². The minimum absolute atomic E-state index is 0.0893. The molecule has 238 valence electrons. The van der Waals surface area contributed by atoms with Crippen LogP contribution in [0.3, 0.4) is 0 Å². The Bertz CT molecular complexity index is 1270. The fourth-order valence-electron chi connectivity index (χ4n) is 4.17. The van der Waals surface area contributed by atoms with E-state index in [1.165, 1.54) is 6.07 Å². The number of ether oxygens (including phenoxy) is 2. The number of amides is 2. The smallest absolute Gasteiger partial charge is 0.471 e. The molecule has 0 bridgehead atoms. The van der Waals surface area contributed by atoms with E-state index >= 15 is 4.39 Å². The second-order valence-corrected chi connectivity index (χ2v) is 12.3. The molecule has 8 nitrogen and oxygen atoms in total. The maximum Gasteiger partial charge on any atom is 0.471 e. The highest BCUT2D eigenvalue weighted by molar-refractivity contribution is 9.10. The standard InChI is InChI=1S/C30H37BrF4N2O6/c1-18(2)10-9-13-20(36-28(41)43-29(3,4)5)14-21-22(31)15-23(42-17-19-11-7-6-8-12-19)26(25(21)32)37(16-24(38)39)27(40)30(33,34)35/h6-8,11-12,15,18,20H,9-10,13-14,16-17H2,1-5H3,(H,36,41)(H,38,39). The highest BCUT2D eigenvalue weighted by Crippen LogP contribution is 2.41. The second-order valence-electron chi connectivity index (χ2n) is 11.4. The molecule has 2 N–H and O–H groups in total. The van der Waals surface area contributed by atoms with Crippen LogP contribution in [0.15, 0.2) is 40.9 Å². The number of carboxylic acids is 1. The summed E-state index contributed by atoms with van der Waals surface area (Å²) in [5.74, 6) is -5.81. The lowest BCUT2D eigenvalue weighted by Gasteiger charge is -2.28. The number of nitrogens with one attached hydrogen (secondary N) is 1. The number of carboxylic acid groups (broad SMARTS) is 1. The summed E-state index contributed by atoms with van der Waals surface area (Å²) in [6.07, 6.45) is -4.67. The Morgan fingerprint density at radius 1 is 1.07 bits per heavy atom. The summed E-state index contributed by atoms with van der Waals surface area (Å²) in [7, 11) is 0. The number of nitrogens with zero attached hydrogens (tertiary/aromatic N) is 1. The number of rotatable bonds is 13. The Hall–Kier alpha value is -3.35. The van der Waals surface area contributed by atoms with E-state index in [4.69, 9.17) is 9.47 Å². The summed E-state index contributed by atoms with van der Waals surface area (Å²) in [5.41, 5.74) is -1.39. The molecule has 1 unspecified atom stereocenters. The number of carbonyl (C=O) groups excluding carboxylic acids is 2. The highest BCUT2D eigenvalue weighted by Gasteiger charge is 2.45. The molecule has 2 rings (SSSR count). The van der Waals surface area contributed by atoms with Crippen molar-refractivity contribution in [3.05, 3.63) is 57.8 Å². The van der Waals surface area contributed by atoms with E-state index in [9.17, 15) is 32.7 Å². The molecule has 43 heavy (non-hydrogen) atoms. The van der Waals surface area contributed by atoms with Gasteiger partial charge in [-0.15, -0.1) is 0 Å². The molecule has 2 amide bonds. The van der Waals surface area contributed by atoms with Crippen LogP contribution in [0.25, 0.3) is 0 Å². The average molecular weight is 678 g/mol. The van der Waals surface area contributed by atoms with E-state index in [0.29, 0.717) is 24.3 Å². The fourth-order valence-corrected chi connectivity index (χ4v) is 4.71. The number of alkyl halides is 3. The molecule has 0 fully saturated rings. The third-order valence-corrected chi connectivity index (χ3v) is 6.75. The molecule has 0 aliphatic carbocycles. The van der Waals surface area contributed by atoms with Gasteiger partial charge in [0.05, 0.1) is 0 Å². The van der Waals surface area contributed by atoms with Crippen molar-refractivity contribution in [1.82, 2.24) is 5.32 Å². The topological polar surface area (TPSA) is 105 Å². The van der Waals surface area contributed by atoms with Crippen molar-refractivity contribution in [2.24, 2.45) is 5.92 Å². The lowest BCUT2D eigenvalue weighted by Crippen LogP contribution is -2.45. The number of halogens is 5. The summed E-state index contributed by atoms with van der Waals surface area (Å²) in [5, 5.41) is 12.1. The van der Waals surface area contributed by atoms with Crippen LogP contribution in [0, 0.1) is 11.7 Å². The van der Waals surface area contributed by atoms with E-state index in [0.717, 1.165) is 6.42 Å². The normalized spacial score (nSPS) is 12.5. The first-order valence-corrected chi connectivity index (χ1v) is 14.5. The lowest BCUT2D eigenvalue weighted by atomic mass is 9.97. The number of alkyl carbamates (subject to hydrolysis) is 1. The van der Waals surface area contributed by atoms with Crippen LogP contribution in [0.4, 0.5) is 28.0 Å². The predicted octanol–water partition coefficient (Wildman–Crippen LogP) is 7.41. The SMILES string of the molecule is CC(C)CCCC(Cc1c(Br)cc(OCc2ccccc2)c(N(CC(=O)O)C(=O)C(F)(F)F)c1F)NC(=O)OC(C)(C)C. The van der Waals surface area contributed by atoms with Crippen molar-refractivity contribution in [3.8, 4) is 5.75 Å².